The molecule has 3 rings (SSSR count). The van der Waals surface area contributed by atoms with Crippen molar-refractivity contribution in [1.82, 2.24) is 20.2 Å². The fourth-order valence-electron chi connectivity index (χ4n) is 2.03. The third-order valence-electron chi connectivity index (χ3n) is 2.97. The van der Waals surface area contributed by atoms with Gasteiger partial charge in [0.25, 0.3) is 0 Å². The van der Waals surface area contributed by atoms with Gasteiger partial charge in [-0.3, -0.25) is 0 Å². The Kier molecular flexibility index (Phi) is 3.48. The average molecular weight is 312 g/mol. The molecule has 1 fully saturated rings. The fraction of sp³-hybridized carbons (Fsp3) is 0.364. The number of para-hydroxylation sites is 1. The number of sulfone groups is 1. The van der Waals surface area contributed by atoms with Gasteiger partial charge in [-0.1, -0.05) is 30.0 Å². The number of tetrazole rings is 1. The minimum Gasteiger partial charge on any atom is -0.391 e. The maximum absolute atomic E-state index is 11.5. The highest BCUT2D eigenvalue weighted by Crippen LogP contribution is 2.30. The van der Waals surface area contributed by atoms with Gasteiger partial charge >= 0.3 is 0 Å². The Hall–Kier alpha value is -1.45. The number of aliphatic hydroxyl groups is 1. The van der Waals surface area contributed by atoms with Crippen molar-refractivity contribution in [2.45, 2.75) is 16.5 Å². The molecule has 1 aliphatic rings. The highest BCUT2D eigenvalue weighted by atomic mass is 32.2. The summed E-state index contributed by atoms with van der Waals surface area (Å²) < 4.78 is 24.5. The molecule has 2 atom stereocenters. The lowest BCUT2D eigenvalue weighted by atomic mass is 10.3. The topological polar surface area (TPSA) is 98.0 Å². The Morgan fingerprint density at radius 1 is 1.25 bits per heavy atom. The summed E-state index contributed by atoms with van der Waals surface area (Å²) in [5.41, 5.74) is 0.787. The van der Waals surface area contributed by atoms with Crippen molar-refractivity contribution in [3.8, 4) is 5.69 Å². The summed E-state index contributed by atoms with van der Waals surface area (Å²) in [5, 5.41) is 21.2. The van der Waals surface area contributed by atoms with Crippen LogP contribution in [0.3, 0.4) is 0 Å². The zero-order valence-corrected chi connectivity index (χ0v) is 12.0. The van der Waals surface area contributed by atoms with Gasteiger partial charge in [0.2, 0.25) is 5.16 Å². The number of rotatable bonds is 3. The summed E-state index contributed by atoms with van der Waals surface area (Å²) in [4.78, 5) is 0. The maximum atomic E-state index is 11.5. The molecule has 0 bridgehead atoms. The van der Waals surface area contributed by atoms with E-state index in [0.717, 1.165) is 5.69 Å². The molecule has 1 saturated heterocycles. The minimum atomic E-state index is -3.17. The quantitative estimate of drug-likeness (QED) is 0.846. The predicted octanol–water partition coefficient (Wildman–Crippen LogP) is -0.0877. The van der Waals surface area contributed by atoms with Crippen LogP contribution in [-0.4, -0.2) is 56.6 Å². The van der Waals surface area contributed by atoms with Crippen LogP contribution < -0.4 is 0 Å². The smallest absolute Gasteiger partial charge is 0.214 e. The molecule has 1 aromatic carbocycles. The molecule has 1 aliphatic heterocycles. The second-order valence-corrected chi connectivity index (χ2v) is 7.87. The van der Waals surface area contributed by atoms with E-state index in [-0.39, 0.29) is 11.5 Å². The van der Waals surface area contributed by atoms with E-state index in [0.29, 0.717) is 5.16 Å². The Labute approximate surface area is 119 Å². The van der Waals surface area contributed by atoms with Gasteiger partial charge in [-0.25, -0.2) is 8.42 Å². The second-order valence-electron chi connectivity index (χ2n) is 4.51. The molecule has 9 heteroatoms. The lowest BCUT2D eigenvalue weighted by molar-refractivity contribution is 0.207. The van der Waals surface area contributed by atoms with Gasteiger partial charge in [-0.2, -0.15) is 4.68 Å². The third kappa shape index (κ3) is 2.69. The summed E-state index contributed by atoms with van der Waals surface area (Å²) >= 11 is 1.19. The molecule has 1 aromatic heterocycles. The summed E-state index contributed by atoms with van der Waals surface area (Å²) in [6, 6.07) is 9.30. The van der Waals surface area contributed by atoms with Crippen molar-refractivity contribution in [3.63, 3.8) is 0 Å². The standard InChI is InChI=1S/C11H12N4O3S2/c16-9-6-20(17,18)7-10(9)19-11-12-13-14-15(11)8-4-2-1-3-5-8/h1-5,9-10,16H,6-7H2/t9-,10-/m1/s1. The van der Waals surface area contributed by atoms with Crippen molar-refractivity contribution < 1.29 is 13.5 Å². The normalized spacial score (nSPS) is 24.9. The van der Waals surface area contributed by atoms with Crippen LogP contribution >= 0.6 is 11.8 Å². The molecule has 2 aromatic rings. The molecule has 20 heavy (non-hydrogen) atoms. The number of nitrogens with zero attached hydrogens (tertiary/aromatic N) is 4. The summed E-state index contributed by atoms with van der Waals surface area (Å²) in [6.45, 7) is 0. The first kappa shape index (κ1) is 13.5. The van der Waals surface area contributed by atoms with Crippen LogP contribution in [0.5, 0.6) is 0 Å². The van der Waals surface area contributed by atoms with Crippen molar-refractivity contribution in [1.29, 1.82) is 0 Å². The van der Waals surface area contributed by atoms with E-state index in [4.69, 9.17) is 0 Å². The molecule has 1 N–H and O–H groups in total. The number of aliphatic hydroxyl groups excluding tert-OH is 1. The molecular weight excluding hydrogens is 300 g/mol. The van der Waals surface area contributed by atoms with E-state index in [9.17, 15) is 13.5 Å². The molecule has 7 nitrogen and oxygen atoms in total. The van der Waals surface area contributed by atoms with E-state index in [1.807, 2.05) is 30.3 Å². The monoisotopic (exact) mass is 312 g/mol. The molecule has 0 radical (unpaired) electrons. The van der Waals surface area contributed by atoms with E-state index < -0.39 is 21.2 Å². The van der Waals surface area contributed by atoms with Crippen molar-refractivity contribution >= 4 is 21.6 Å². The van der Waals surface area contributed by atoms with Crippen LogP contribution in [-0.2, 0) is 9.84 Å². The third-order valence-corrected chi connectivity index (χ3v) is 6.15. The van der Waals surface area contributed by atoms with E-state index in [1.54, 1.807) is 0 Å². The van der Waals surface area contributed by atoms with Crippen LogP contribution in [0, 0.1) is 0 Å². The summed E-state index contributed by atoms with van der Waals surface area (Å²) in [7, 11) is -3.17. The van der Waals surface area contributed by atoms with Crippen molar-refractivity contribution in [2.75, 3.05) is 11.5 Å². The van der Waals surface area contributed by atoms with Gasteiger partial charge in [-0.15, -0.1) is 5.10 Å². The molecule has 2 heterocycles. The van der Waals surface area contributed by atoms with Crippen LogP contribution in [0.1, 0.15) is 0 Å². The van der Waals surface area contributed by atoms with Gasteiger partial charge < -0.3 is 5.11 Å². The Morgan fingerprint density at radius 2 is 2.00 bits per heavy atom. The van der Waals surface area contributed by atoms with Crippen molar-refractivity contribution in [2.24, 2.45) is 0 Å². The number of aromatic nitrogens is 4. The van der Waals surface area contributed by atoms with Crippen molar-refractivity contribution in [3.05, 3.63) is 30.3 Å². The molecule has 0 amide bonds. The highest BCUT2D eigenvalue weighted by Gasteiger charge is 2.38. The Bertz CT molecular complexity index is 701. The van der Waals surface area contributed by atoms with Gasteiger partial charge in [0.1, 0.15) is 0 Å². The lowest BCUT2D eigenvalue weighted by Gasteiger charge is -2.11. The fourth-order valence-corrected chi connectivity index (χ4v) is 5.51. The molecule has 0 unspecified atom stereocenters. The first-order valence-corrected chi connectivity index (χ1v) is 8.64. The van der Waals surface area contributed by atoms with Gasteiger partial charge in [0.15, 0.2) is 9.84 Å². The highest BCUT2D eigenvalue weighted by molar-refractivity contribution is 8.01. The average Bonchev–Trinajstić information content (AvgIpc) is 2.95. The second kappa shape index (κ2) is 5.15. The number of hydrogen-bond acceptors (Lipinski definition) is 7. The van der Waals surface area contributed by atoms with Gasteiger partial charge in [0, 0.05) is 0 Å². The lowest BCUT2D eigenvalue weighted by Crippen LogP contribution is -2.20. The number of benzene rings is 1. The van der Waals surface area contributed by atoms with Crippen LogP contribution in [0.15, 0.2) is 35.5 Å². The number of hydrogen-bond donors (Lipinski definition) is 1. The van der Waals surface area contributed by atoms with Gasteiger partial charge in [-0.05, 0) is 22.6 Å². The molecule has 0 aliphatic carbocycles. The molecular formula is C11H12N4O3S2. The largest absolute Gasteiger partial charge is 0.391 e. The van der Waals surface area contributed by atoms with E-state index >= 15 is 0 Å². The molecule has 106 valence electrons. The SMILES string of the molecule is O=S1(=O)C[C@@H](O)[C@H](Sc2nnnn2-c2ccccc2)C1. The Balaban J connectivity index is 1.85. The predicted molar refractivity (Wildman–Crippen MR) is 73.5 cm³/mol. The summed E-state index contributed by atoms with van der Waals surface area (Å²) in [6.07, 6.45) is -0.883. The zero-order chi connectivity index (χ0) is 14.2. The number of thioether (sulfide) groups is 1. The van der Waals surface area contributed by atoms with Crippen LogP contribution in [0.2, 0.25) is 0 Å². The molecule has 0 saturated carbocycles. The Morgan fingerprint density at radius 3 is 2.65 bits per heavy atom. The first-order chi connectivity index (χ1) is 9.55. The van der Waals surface area contributed by atoms with Crippen LogP contribution in [0.4, 0.5) is 0 Å². The summed E-state index contributed by atoms with van der Waals surface area (Å²) in [5.74, 6) is -0.252. The maximum Gasteiger partial charge on any atom is 0.214 e. The zero-order valence-electron chi connectivity index (χ0n) is 10.3. The van der Waals surface area contributed by atoms with Gasteiger partial charge in [0.05, 0.1) is 28.5 Å². The first-order valence-electron chi connectivity index (χ1n) is 5.94. The van der Waals surface area contributed by atoms with E-state index in [2.05, 4.69) is 15.5 Å². The van der Waals surface area contributed by atoms with Crippen LogP contribution in [0.25, 0.3) is 5.69 Å². The minimum absolute atomic E-state index is 0.0551. The van der Waals surface area contributed by atoms with E-state index in [1.165, 1.54) is 16.4 Å². The molecule has 0 spiro atoms.